The zero-order valence-electron chi connectivity index (χ0n) is 10.9. The van der Waals surface area contributed by atoms with Crippen LogP contribution in [0.3, 0.4) is 0 Å². The van der Waals surface area contributed by atoms with Crippen LogP contribution in [0.5, 0.6) is 0 Å². The molecule has 0 fully saturated rings. The fourth-order valence-corrected chi connectivity index (χ4v) is 1.61. The Balaban J connectivity index is 2.36. The summed E-state index contributed by atoms with van der Waals surface area (Å²) in [5.41, 5.74) is 0.208. The van der Waals surface area contributed by atoms with E-state index in [0.29, 0.717) is 16.5 Å². The van der Waals surface area contributed by atoms with Crippen LogP contribution in [-0.2, 0) is 4.74 Å². The van der Waals surface area contributed by atoms with Crippen LogP contribution in [-0.4, -0.2) is 22.6 Å². The van der Waals surface area contributed by atoms with E-state index in [0.717, 1.165) is 0 Å². The largest absolute Gasteiger partial charge is 0.475 e. The van der Waals surface area contributed by atoms with Gasteiger partial charge in [-0.1, -0.05) is 0 Å². The minimum absolute atomic E-state index is 0.156. The maximum Gasteiger partial charge on any atom is 0.371 e. The number of hydrogen-bond acceptors (Lipinski definition) is 4. The van der Waals surface area contributed by atoms with Crippen molar-refractivity contribution in [3.05, 3.63) is 35.6 Å². The molecular formula is C14H14O5. The maximum atomic E-state index is 11.9. The molecule has 0 aliphatic heterocycles. The van der Waals surface area contributed by atoms with Gasteiger partial charge in [-0.25, -0.2) is 9.59 Å². The van der Waals surface area contributed by atoms with Crippen molar-refractivity contribution >= 4 is 22.9 Å². The van der Waals surface area contributed by atoms with Gasteiger partial charge in [-0.3, -0.25) is 0 Å². The summed E-state index contributed by atoms with van der Waals surface area (Å²) in [6.45, 7) is 5.34. The standard InChI is InChI=1S/C14H14O5/c1-14(2,3)19-13(17)8-4-5-10-9(6-8)7-11(18-10)12(15)16/h4-7H,1-3H3,(H,15,16). The van der Waals surface area contributed by atoms with E-state index < -0.39 is 17.5 Å². The van der Waals surface area contributed by atoms with Crippen LogP contribution in [0.1, 0.15) is 41.7 Å². The van der Waals surface area contributed by atoms with Crippen molar-refractivity contribution in [2.45, 2.75) is 26.4 Å². The number of carbonyl (C=O) groups excluding carboxylic acids is 1. The van der Waals surface area contributed by atoms with Crippen LogP contribution >= 0.6 is 0 Å². The average molecular weight is 262 g/mol. The first kappa shape index (κ1) is 13.1. The third-order valence-corrected chi connectivity index (χ3v) is 2.36. The summed E-state index contributed by atoms with van der Waals surface area (Å²) in [4.78, 5) is 22.7. The predicted molar refractivity (Wildman–Crippen MR) is 68.3 cm³/mol. The van der Waals surface area contributed by atoms with Crippen LogP contribution in [0.2, 0.25) is 0 Å². The summed E-state index contributed by atoms with van der Waals surface area (Å²) in [7, 11) is 0. The van der Waals surface area contributed by atoms with Gasteiger partial charge in [0.1, 0.15) is 11.2 Å². The number of benzene rings is 1. The first-order valence-electron chi connectivity index (χ1n) is 5.76. The van der Waals surface area contributed by atoms with E-state index in [-0.39, 0.29) is 5.76 Å². The maximum absolute atomic E-state index is 11.9. The molecule has 5 nitrogen and oxygen atoms in total. The lowest BCUT2D eigenvalue weighted by Crippen LogP contribution is -2.23. The number of fused-ring (bicyclic) bond motifs is 1. The Labute approximate surface area is 109 Å². The topological polar surface area (TPSA) is 76.7 Å². The molecule has 0 spiro atoms. The molecule has 1 heterocycles. The average Bonchev–Trinajstić information content (AvgIpc) is 2.69. The fourth-order valence-electron chi connectivity index (χ4n) is 1.61. The molecule has 0 amide bonds. The van der Waals surface area contributed by atoms with Crippen LogP contribution in [0, 0.1) is 0 Å². The van der Waals surface area contributed by atoms with Crippen molar-refractivity contribution in [2.75, 3.05) is 0 Å². The lowest BCUT2D eigenvalue weighted by atomic mass is 10.1. The Morgan fingerprint density at radius 2 is 1.89 bits per heavy atom. The molecular weight excluding hydrogens is 248 g/mol. The molecule has 0 saturated heterocycles. The molecule has 5 heteroatoms. The molecule has 0 radical (unpaired) electrons. The van der Waals surface area contributed by atoms with Gasteiger partial charge >= 0.3 is 11.9 Å². The van der Waals surface area contributed by atoms with Crippen LogP contribution < -0.4 is 0 Å². The van der Waals surface area contributed by atoms with Gasteiger partial charge in [0.15, 0.2) is 0 Å². The highest BCUT2D eigenvalue weighted by Gasteiger charge is 2.19. The van der Waals surface area contributed by atoms with Gasteiger partial charge in [0.25, 0.3) is 0 Å². The molecule has 100 valence electrons. The summed E-state index contributed by atoms with van der Waals surface area (Å²) in [5, 5.41) is 9.39. The molecule has 2 aromatic rings. The van der Waals surface area contributed by atoms with Crippen LogP contribution in [0.25, 0.3) is 11.0 Å². The van der Waals surface area contributed by atoms with Crippen molar-refractivity contribution in [1.82, 2.24) is 0 Å². The molecule has 1 aromatic carbocycles. The molecule has 1 N–H and O–H groups in total. The van der Waals surface area contributed by atoms with Gasteiger partial charge in [-0.2, -0.15) is 0 Å². The number of hydrogen-bond donors (Lipinski definition) is 1. The number of furan rings is 1. The molecule has 0 atom stereocenters. The van der Waals surface area contributed by atoms with E-state index in [1.807, 2.05) is 0 Å². The molecule has 2 rings (SSSR count). The highest BCUT2D eigenvalue weighted by Crippen LogP contribution is 2.22. The monoisotopic (exact) mass is 262 g/mol. The number of rotatable bonds is 2. The second-order valence-electron chi connectivity index (χ2n) is 5.17. The molecule has 1 aromatic heterocycles. The summed E-state index contributed by atoms with van der Waals surface area (Å²) in [5.74, 6) is -1.75. The second kappa shape index (κ2) is 4.42. The third-order valence-electron chi connectivity index (χ3n) is 2.36. The number of aromatic carboxylic acids is 1. The Morgan fingerprint density at radius 1 is 1.21 bits per heavy atom. The number of esters is 1. The summed E-state index contributed by atoms with van der Waals surface area (Å²) in [6.07, 6.45) is 0. The van der Waals surface area contributed by atoms with Gasteiger partial charge in [-0.05, 0) is 45.0 Å². The predicted octanol–water partition coefficient (Wildman–Crippen LogP) is 3.09. The Morgan fingerprint density at radius 3 is 2.47 bits per heavy atom. The van der Waals surface area contributed by atoms with Crippen molar-refractivity contribution in [2.24, 2.45) is 0 Å². The van der Waals surface area contributed by atoms with Gasteiger partial charge in [0.05, 0.1) is 5.56 Å². The first-order chi connectivity index (χ1) is 8.76. The molecule has 0 aliphatic carbocycles. The number of carboxylic acids is 1. The SMILES string of the molecule is CC(C)(C)OC(=O)c1ccc2oc(C(=O)O)cc2c1. The second-order valence-corrected chi connectivity index (χ2v) is 5.17. The van der Waals surface area contributed by atoms with Crippen molar-refractivity contribution in [3.63, 3.8) is 0 Å². The quantitative estimate of drug-likeness (QED) is 0.841. The lowest BCUT2D eigenvalue weighted by Gasteiger charge is -2.19. The molecule has 0 unspecified atom stereocenters. The van der Waals surface area contributed by atoms with Gasteiger partial charge < -0.3 is 14.3 Å². The summed E-state index contributed by atoms with van der Waals surface area (Å²) >= 11 is 0. The molecule has 0 aliphatic rings. The smallest absolute Gasteiger partial charge is 0.371 e. The Hall–Kier alpha value is -2.30. The van der Waals surface area contributed by atoms with Gasteiger partial charge in [0.2, 0.25) is 5.76 Å². The van der Waals surface area contributed by atoms with E-state index in [4.69, 9.17) is 14.3 Å². The van der Waals surface area contributed by atoms with Gasteiger partial charge in [0, 0.05) is 5.39 Å². The fraction of sp³-hybridized carbons (Fsp3) is 0.286. The summed E-state index contributed by atoms with van der Waals surface area (Å²) < 4.78 is 10.4. The Bertz CT molecular complexity index is 645. The van der Waals surface area contributed by atoms with Crippen molar-refractivity contribution < 1.29 is 23.8 Å². The Kier molecular flexibility index (Phi) is 3.06. The third kappa shape index (κ3) is 2.93. The molecule has 0 bridgehead atoms. The van der Waals surface area contributed by atoms with Crippen LogP contribution in [0.4, 0.5) is 0 Å². The summed E-state index contributed by atoms with van der Waals surface area (Å²) in [6, 6.07) is 6.04. The lowest BCUT2D eigenvalue weighted by molar-refractivity contribution is 0.00695. The van der Waals surface area contributed by atoms with E-state index >= 15 is 0 Å². The highest BCUT2D eigenvalue weighted by molar-refractivity contribution is 5.97. The highest BCUT2D eigenvalue weighted by atomic mass is 16.6. The zero-order chi connectivity index (χ0) is 14.2. The first-order valence-corrected chi connectivity index (χ1v) is 5.76. The van der Waals surface area contributed by atoms with E-state index in [1.165, 1.54) is 6.07 Å². The normalized spacial score (nSPS) is 11.5. The molecule has 19 heavy (non-hydrogen) atoms. The van der Waals surface area contributed by atoms with E-state index in [2.05, 4.69) is 0 Å². The number of carbonyl (C=O) groups is 2. The molecule has 0 saturated carbocycles. The minimum atomic E-state index is -1.14. The van der Waals surface area contributed by atoms with Crippen LogP contribution in [0.15, 0.2) is 28.7 Å². The van der Waals surface area contributed by atoms with Crippen molar-refractivity contribution in [3.8, 4) is 0 Å². The minimum Gasteiger partial charge on any atom is -0.475 e. The number of carboxylic acid groups (broad SMARTS) is 1. The van der Waals surface area contributed by atoms with Crippen molar-refractivity contribution in [1.29, 1.82) is 0 Å². The van der Waals surface area contributed by atoms with Gasteiger partial charge in [-0.15, -0.1) is 0 Å². The zero-order valence-corrected chi connectivity index (χ0v) is 10.9. The van der Waals surface area contributed by atoms with E-state index in [9.17, 15) is 9.59 Å². The number of ether oxygens (including phenoxy) is 1. The van der Waals surface area contributed by atoms with E-state index in [1.54, 1.807) is 39.0 Å².